The Morgan fingerprint density at radius 2 is 2.09 bits per heavy atom. The summed E-state index contributed by atoms with van der Waals surface area (Å²) in [4.78, 5) is 29.7. The number of hydrogen-bond donors (Lipinski definition) is 2. The summed E-state index contributed by atoms with van der Waals surface area (Å²) in [6.07, 6.45) is 2.02. The molecule has 0 aromatic carbocycles. The number of rotatable bonds is 5. The van der Waals surface area contributed by atoms with Gasteiger partial charge in [0.05, 0.1) is 11.7 Å². The summed E-state index contributed by atoms with van der Waals surface area (Å²) >= 11 is 0. The second-order valence-corrected chi connectivity index (χ2v) is 6.41. The molecule has 1 aliphatic rings. The molecule has 2 rings (SSSR count). The van der Waals surface area contributed by atoms with Crippen LogP contribution in [0, 0.1) is 19.8 Å². The van der Waals surface area contributed by atoms with E-state index in [0.29, 0.717) is 11.3 Å². The minimum Gasteiger partial charge on any atom is -0.396 e. The number of ketones is 2. The summed E-state index contributed by atoms with van der Waals surface area (Å²) in [6.45, 7) is 8.89. The molecule has 1 fully saturated rings. The molecule has 1 aromatic rings. The van der Waals surface area contributed by atoms with E-state index >= 15 is 0 Å². The molecule has 0 bridgehead atoms. The van der Waals surface area contributed by atoms with Crippen LogP contribution >= 0.6 is 0 Å². The van der Waals surface area contributed by atoms with Crippen LogP contribution in [-0.4, -0.2) is 52.3 Å². The van der Waals surface area contributed by atoms with Gasteiger partial charge in [0.15, 0.2) is 11.6 Å². The Morgan fingerprint density at radius 1 is 1.41 bits per heavy atom. The van der Waals surface area contributed by atoms with Gasteiger partial charge in [-0.3, -0.25) is 14.5 Å². The number of aromatic amines is 1. The molecule has 1 aromatic heterocycles. The molecule has 5 nitrogen and oxygen atoms in total. The van der Waals surface area contributed by atoms with Crippen molar-refractivity contribution >= 4 is 11.6 Å². The number of aliphatic hydroxyl groups excluding tert-OH is 1. The Labute approximate surface area is 131 Å². The average molecular weight is 306 g/mol. The van der Waals surface area contributed by atoms with Crippen molar-refractivity contribution in [1.82, 2.24) is 9.88 Å². The summed E-state index contributed by atoms with van der Waals surface area (Å²) in [6, 6.07) is -0.245. The third-order valence-corrected chi connectivity index (χ3v) is 4.77. The third-order valence-electron chi connectivity index (χ3n) is 4.77. The highest BCUT2D eigenvalue weighted by atomic mass is 16.3. The minimum absolute atomic E-state index is 0.0173. The number of H-pyrrole nitrogens is 1. The SMILES string of the molecule is CC(=O)c1c(C)[nH]c(C(=O)C(C)N2CCCC(CO)C2)c1C. The number of nitrogens with one attached hydrogen (secondary N) is 1. The van der Waals surface area contributed by atoms with Crippen molar-refractivity contribution in [2.75, 3.05) is 19.7 Å². The van der Waals surface area contributed by atoms with Crippen molar-refractivity contribution in [3.8, 4) is 0 Å². The van der Waals surface area contributed by atoms with E-state index in [0.717, 1.165) is 37.2 Å². The maximum absolute atomic E-state index is 12.8. The normalized spacial score (nSPS) is 20.9. The first kappa shape index (κ1) is 16.9. The van der Waals surface area contributed by atoms with Gasteiger partial charge in [0, 0.05) is 24.4 Å². The molecule has 2 N–H and O–H groups in total. The number of likely N-dealkylation sites (tertiary alicyclic amines) is 1. The number of aliphatic hydroxyl groups is 1. The fourth-order valence-corrected chi connectivity index (χ4v) is 3.50. The van der Waals surface area contributed by atoms with Crippen molar-refractivity contribution in [3.63, 3.8) is 0 Å². The van der Waals surface area contributed by atoms with Crippen molar-refractivity contribution in [3.05, 3.63) is 22.5 Å². The Hall–Kier alpha value is -1.46. The molecule has 0 saturated carbocycles. The van der Waals surface area contributed by atoms with Gasteiger partial charge in [0.25, 0.3) is 0 Å². The highest BCUT2D eigenvalue weighted by Gasteiger charge is 2.30. The lowest BCUT2D eigenvalue weighted by Crippen LogP contribution is -2.46. The van der Waals surface area contributed by atoms with Crippen LogP contribution in [0.15, 0.2) is 0 Å². The number of aryl methyl sites for hydroxylation is 1. The van der Waals surface area contributed by atoms with Gasteiger partial charge in [-0.05, 0) is 58.6 Å². The topological polar surface area (TPSA) is 73.4 Å². The fourth-order valence-electron chi connectivity index (χ4n) is 3.50. The quantitative estimate of drug-likeness (QED) is 0.817. The smallest absolute Gasteiger partial charge is 0.196 e. The molecule has 1 aliphatic heterocycles. The summed E-state index contributed by atoms with van der Waals surface area (Å²) in [7, 11) is 0. The second-order valence-electron chi connectivity index (χ2n) is 6.41. The average Bonchev–Trinajstić information content (AvgIpc) is 2.80. The molecule has 0 aliphatic carbocycles. The summed E-state index contributed by atoms with van der Waals surface area (Å²) in [5, 5.41) is 9.34. The standard InChI is InChI=1S/C17H26N2O3/c1-10-15(13(4)21)11(2)18-16(10)17(22)12(3)19-7-5-6-14(8-19)9-20/h12,14,18,20H,5-9H2,1-4H3. The predicted octanol–water partition coefficient (Wildman–Crippen LogP) is 2.11. The molecule has 0 amide bonds. The number of nitrogens with zero attached hydrogens (tertiary/aromatic N) is 1. The zero-order valence-electron chi connectivity index (χ0n) is 13.9. The fraction of sp³-hybridized carbons (Fsp3) is 0.647. The number of aromatic nitrogens is 1. The molecule has 0 spiro atoms. The Morgan fingerprint density at radius 3 is 2.64 bits per heavy atom. The van der Waals surface area contributed by atoms with Crippen molar-refractivity contribution in [2.24, 2.45) is 5.92 Å². The van der Waals surface area contributed by atoms with Crippen LogP contribution < -0.4 is 0 Å². The van der Waals surface area contributed by atoms with E-state index in [-0.39, 0.29) is 30.1 Å². The molecule has 1 saturated heterocycles. The molecule has 5 heteroatoms. The van der Waals surface area contributed by atoms with Gasteiger partial charge in [-0.2, -0.15) is 0 Å². The van der Waals surface area contributed by atoms with Crippen LogP contribution in [0.2, 0.25) is 0 Å². The molecular formula is C17H26N2O3. The lowest BCUT2D eigenvalue weighted by molar-refractivity contribution is 0.0669. The summed E-state index contributed by atoms with van der Waals surface area (Å²) in [5.74, 6) is 0.256. The van der Waals surface area contributed by atoms with Crippen molar-refractivity contribution in [1.29, 1.82) is 0 Å². The van der Waals surface area contributed by atoms with Crippen LogP contribution in [0.4, 0.5) is 0 Å². The Balaban J connectivity index is 2.21. The van der Waals surface area contributed by atoms with E-state index in [1.165, 1.54) is 6.92 Å². The van der Waals surface area contributed by atoms with E-state index in [1.54, 1.807) is 0 Å². The lowest BCUT2D eigenvalue weighted by atomic mass is 9.95. The van der Waals surface area contributed by atoms with E-state index in [1.807, 2.05) is 20.8 Å². The molecule has 2 unspecified atom stereocenters. The van der Waals surface area contributed by atoms with E-state index in [9.17, 15) is 14.7 Å². The van der Waals surface area contributed by atoms with Gasteiger partial charge in [-0.1, -0.05) is 0 Å². The van der Waals surface area contributed by atoms with Gasteiger partial charge in [-0.25, -0.2) is 0 Å². The van der Waals surface area contributed by atoms with Crippen molar-refractivity contribution < 1.29 is 14.7 Å². The first-order chi connectivity index (χ1) is 10.4. The predicted molar refractivity (Wildman–Crippen MR) is 85.4 cm³/mol. The van der Waals surface area contributed by atoms with Crippen LogP contribution in [0.3, 0.4) is 0 Å². The van der Waals surface area contributed by atoms with Crippen LogP contribution in [-0.2, 0) is 0 Å². The number of hydrogen-bond acceptors (Lipinski definition) is 4. The first-order valence-corrected chi connectivity index (χ1v) is 7.96. The summed E-state index contributed by atoms with van der Waals surface area (Å²) < 4.78 is 0. The van der Waals surface area contributed by atoms with E-state index < -0.39 is 0 Å². The number of carbonyl (C=O) groups excluding carboxylic acids is 2. The lowest BCUT2D eigenvalue weighted by Gasteiger charge is -2.35. The van der Waals surface area contributed by atoms with Gasteiger partial charge in [-0.15, -0.1) is 0 Å². The highest BCUT2D eigenvalue weighted by Crippen LogP contribution is 2.23. The zero-order chi connectivity index (χ0) is 16.4. The molecule has 122 valence electrons. The van der Waals surface area contributed by atoms with Gasteiger partial charge >= 0.3 is 0 Å². The van der Waals surface area contributed by atoms with Gasteiger partial charge in [0.1, 0.15) is 0 Å². The largest absolute Gasteiger partial charge is 0.396 e. The number of piperidine rings is 1. The molecular weight excluding hydrogens is 280 g/mol. The Kier molecular flexibility index (Phi) is 5.19. The van der Waals surface area contributed by atoms with Crippen molar-refractivity contribution in [2.45, 2.75) is 46.6 Å². The number of carbonyl (C=O) groups is 2. The molecule has 22 heavy (non-hydrogen) atoms. The highest BCUT2D eigenvalue weighted by molar-refractivity contribution is 6.05. The summed E-state index contributed by atoms with van der Waals surface area (Å²) in [5.41, 5.74) is 2.67. The second kappa shape index (κ2) is 6.75. The first-order valence-electron chi connectivity index (χ1n) is 7.96. The minimum atomic E-state index is -0.245. The van der Waals surface area contributed by atoms with E-state index in [2.05, 4.69) is 9.88 Å². The van der Waals surface area contributed by atoms with Crippen LogP contribution in [0.5, 0.6) is 0 Å². The van der Waals surface area contributed by atoms with Gasteiger partial charge < -0.3 is 10.1 Å². The Bertz CT molecular complexity index is 577. The zero-order valence-corrected chi connectivity index (χ0v) is 13.9. The number of Topliss-reactive ketones (excluding diaryl/α,β-unsaturated/α-hetero) is 2. The van der Waals surface area contributed by atoms with Crippen LogP contribution in [0.25, 0.3) is 0 Å². The van der Waals surface area contributed by atoms with E-state index in [4.69, 9.17) is 0 Å². The maximum Gasteiger partial charge on any atom is 0.196 e. The molecule has 2 atom stereocenters. The molecule has 2 heterocycles. The molecule has 0 radical (unpaired) electrons. The third kappa shape index (κ3) is 3.15. The maximum atomic E-state index is 12.8. The van der Waals surface area contributed by atoms with Gasteiger partial charge in [0.2, 0.25) is 0 Å². The monoisotopic (exact) mass is 306 g/mol. The van der Waals surface area contributed by atoms with Crippen LogP contribution in [0.1, 0.15) is 58.8 Å².